The number of carbonyl (C=O) groups is 2. The lowest BCUT2D eigenvalue weighted by Gasteiger charge is -2.18. The highest BCUT2D eigenvalue weighted by atomic mass is 127. The Morgan fingerprint density at radius 3 is 2.65 bits per heavy atom. The molecule has 26 heavy (non-hydrogen) atoms. The first-order valence-electron chi connectivity index (χ1n) is 7.38. The summed E-state index contributed by atoms with van der Waals surface area (Å²) in [5.74, 6) is -1.05. The number of anilines is 2. The quantitative estimate of drug-likeness (QED) is 0.272. The van der Waals surface area contributed by atoms with Crippen LogP contribution in [0.3, 0.4) is 0 Å². The van der Waals surface area contributed by atoms with E-state index < -0.39 is 23.7 Å². The number of hydrogen-bond donors (Lipinski definition) is 4. The van der Waals surface area contributed by atoms with Crippen molar-refractivity contribution in [3.63, 3.8) is 0 Å². The Kier molecular flexibility index (Phi) is 6.27. The standard InChI is InChI=1S/C17H12I3N3O3/c18-8-5-10(19)15(20)13(6-8)23-17(26)22-12-7-14(24)16(25)21-11-4-2-1-3-9(11)12/h1-7,12,24H,(H,21,25)(H2,22,23,26). The third-order valence-corrected chi connectivity index (χ3v) is 7.30. The van der Waals surface area contributed by atoms with Crippen LogP contribution in [-0.4, -0.2) is 17.0 Å². The fourth-order valence-electron chi connectivity index (χ4n) is 2.46. The average Bonchev–Trinajstić information content (AvgIpc) is 2.69. The summed E-state index contributed by atoms with van der Waals surface area (Å²) in [6.45, 7) is 0. The Labute approximate surface area is 190 Å². The van der Waals surface area contributed by atoms with E-state index in [9.17, 15) is 14.7 Å². The number of amides is 3. The van der Waals surface area contributed by atoms with Gasteiger partial charge in [0, 0.05) is 18.4 Å². The molecule has 2 aromatic rings. The molecule has 3 amide bonds. The largest absolute Gasteiger partial charge is 0.503 e. The highest BCUT2D eigenvalue weighted by molar-refractivity contribution is 14.1. The van der Waals surface area contributed by atoms with Gasteiger partial charge in [0.15, 0.2) is 5.76 Å². The summed E-state index contributed by atoms with van der Waals surface area (Å²) >= 11 is 6.59. The number of aliphatic hydroxyl groups is 1. The predicted octanol–water partition coefficient (Wildman–Crippen LogP) is 4.76. The van der Waals surface area contributed by atoms with Crippen molar-refractivity contribution in [3.8, 4) is 0 Å². The second-order valence-electron chi connectivity index (χ2n) is 5.42. The Balaban J connectivity index is 1.86. The Bertz CT molecular complexity index is 931. The van der Waals surface area contributed by atoms with Crippen molar-refractivity contribution in [3.05, 3.63) is 64.5 Å². The van der Waals surface area contributed by atoms with Crippen LogP contribution in [0.4, 0.5) is 16.2 Å². The van der Waals surface area contributed by atoms with Gasteiger partial charge in [0.25, 0.3) is 5.91 Å². The number of urea groups is 1. The number of fused-ring (bicyclic) bond motifs is 1. The number of hydrogen-bond acceptors (Lipinski definition) is 3. The molecule has 1 aliphatic rings. The Morgan fingerprint density at radius 2 is 1.88 bits per heavy atom. The summed E-state index contributed by atoms with van der Waals surface area (Å²) < 4.78 is 2.99. The molecule has 0 saturated heterocycles. The normalized spacial score (nSPS) is 16.0. The van der Waals surface area contributed by atoms with E-state index in [4.69, 9.17) is 0 Å². The molecule has 9 heteroatoms. The van der Waals surface area contributed by atoms with E-state index in [2.05, 4.69) is 83.7 Å². The maximum absolute atomic E-state index is 12.5. The minimum Gasteiger partial charge on any atom is -0.503 e. The molecule has 0 radical (unpaired) electrons. The van der Waals surface area contributed by atoms with Crippen LogP contribution in [0.5, 0.6) is 0 Å². The highest BCUT2D eigenvalue weighted by Gasteiger charge is 2.24. The van der Waals surface area contributed by atoms with Crippen LogP contribution >= 0.6 is 67.8 Å². The number of nitrogens with one attached hydrogen (secondary N) is 3. The van der Waals surface area contributed by atoms with Crippen molar-refractivity contribution < 1.29 is 14.7 Å². The molecule has 1 unspecified atom stereocenters. The monoisotopic (exact) mass is 687 g/mol. The number of halogens is 3. The van der Waals surface area contributed by atoms with E-state index in [1.807, 2.05) is 12.1 Å². The zero-order chi connectivity index (χ0) is 18.8. The van der Waals surface area contributed by atoms with Gasteiger partial charge in [-0.15, -0.1) is 0 Å². The molecule has 0 bridgehead atoms. The van der Waals surface area contributed by atoms with Gasteiger partial charge in [-0.2, -0.15) is 0 Å². The molecule has 0 saturated carbocycles. The fourth-order valence-corrected chi connectivity index (χ4v) is 4.75. The molecular weight excluding hydrogens is 675 g/mol. The van der Waals surface area contributed by atoms with Crippen LogP contribution in [0.2, 0.25) is 0 Å². The highest BCUT2D eigenvalue weighted by Crippen LogP contribution is 2.29. The molecule has 1 heterocycles. The Morgan fingerprint density at radius 1 is 1.15 bits per heavy atom. The molecule has 1 atom stereocenters. The maximum Gasteiger partial charge on any atom is 0.320 e. The minimum atomic E-state index is -0.648. The van der Waals surface area contributed by atoms with E-state index >= 15 is 0 Å². The number of benzene rings is 2. The van der Waals surface area contributed by atoms with E-state index in [0.29, 0.717) is 16.9 Å². The van der Waals surface area contributed by atoms with E-state index in [1.54, 1.807) is 24.3 Å². The number of carbonyl (C=O) groups excluding carboxylic acids is 2. The molecule has 6 nitrogen and oxygen atoms in total. The van der Waals surface area contributed by atoms with Crippen LogP contribution in [0.25, 0.3) is 0 Å². The van der Waals surface area contributed by atoms with Crippen molar-refractivity contribution in [2.75, 3.05) is 10.6 Å². The van der Waals surface area contributed by atoms with Crippen molar-refractivity contribution >= 4 is 91.1 Å². The molecule has 0 aromatic heterocycles. The first-order chi connectivity index (χ1) is 12.3. The van der Waals surface area contributed by atoms with E-state index in [0.717, 1.165) is 10.7 Å². The van der Waals surface area contributed by atoms with Gasteiger partial charge in [0.2, 0.25) is 0 Å². The maximum atomic E-state index is 12.5. The lowest BCUT2D eigenvalue weighted by Crippen LogP contribution is -2.32. The molecule has 134 valence electrons. The van der Waals surface area contributed by atoms with Crippen molar-refractivity contribution in [1.29, 1.82) is 0 Å². The van der Waals surface area contributed by atoms with Crippen LogP contribution in [0.1, 0.15) is 11.6 Å². The van der Waals surface area contributed by atoms with E-state index in [-0.39, 0.29) is 0 Å². The van der Waals surface area contributed by atoms with Gasteiger partial charge < -0.3 is 21.1 Å². The van der Waals surface area contributed by atoms with Crippen LogP contribution in [0, 0.1) is 10.7 Å². The summed E-state index contributed by atoms with van der Waals surface area (Å²) in [4.78, 5) is 24.4. The number of aliphatic hydroxyl groups excluding tert-OH is 1. The summed E-state index contributed by atoms with van der Waals surface area (Å²) in [6.07, 6.45) is 1.32. The van der Waals surface area contributed by atoms with E-state index in [1.165, 1.54) is 6.08 Å². The van der Waals surface area contributed by atoms with Crippen molar-refractivity contribution in [2.24, 2.45) is 0 Å². The van der Waals surface area contributed by atoms with Crippen LogP contribution < -0.4 is 16.0 Å². The predicted molar refractivity (Wildman–Crippen MR) is 125 cm³/mol. The van der Waals surface area contributed by atoms with Gasteiger partial charge in [-0.25, -0.2) is 4.79 Å². The molecule has 0 spiro atoms. The average molecular weight is 687 g/mol. The van der Waals surface area contributed by atoms with Crippen molar-refractivity contribution in [2.45, 2.75) is 6.04 Å². The smallest absolute Gasteiger partial charge is 0.320 e. The topological polar surface area (TPSA) is 90.5 Å². The van der Waals surface area contributed by atoms with Gasteiger partial charge in [-0.05, 0) is 92.0 Å². The molecule has 0 aliphatic carbocycles. The SMILES string of the molecule is O=C(Nc1cc(I)cc(I)c1I)NC1C=C(O)C(=O)Nc2ccccc21. The first-order valence-corrected chi connectivity index (χ1v) is 10.6. The number of para-hydroxylation sites is 1. The van der Waals surface area contributed by atoms with Crippen LogP contribution in [-0.2, 0) is 4.79 Å². The van der Waals surface area contributed by atoms with Crippen molar-refractivity contribution in [1.82, 2.24) is 5.32 Å². The summed E-state index contributed by atoms with van der Waals surface area (Å²) in [6, 6.07) is 9.90. The van der Waals surface area contributed by atoms with Gasteiger partial charge in [0.1, 0.15) is 0 Å². The van der Waals surface area contributed by atoms with Gasteiger partial charge in [-0.3, -0.25) is 4.79 Å². The number of rotatable bonds is 2. The lowest BCUT2D eigenvalue weighted by molar-refractivity contribution is -0.115. The molecule has 2 aromatic carbocycles. The molecule has 3 rings (SSSR count). The molecule has 0 fully saturated rings. The Hall–Kier alpha value is -1.09. The molecule has 1 aliphatic heterocycles. The van der Waals surface area contributed by atoms with Gasteiger partial charge in [0.05, 0.1) is 15.3 Å². The van der Waals surface area contributed by atoms with Gasteiger partial charge in [-0.1, -0.05) is 18.2 Å². The zero-order valence-electron chi connectivity index (χ0n) is 13.0. The lowest BCUT2D eigenvalue weighted by atomic mass is 10.1. The first kappa shape index (κ1) is 19.7. The fraction of sp³-hybridized carbons (Fsp3) is 0.0588. The zero-order valence-corrected chi connectivity index (χ0v) is 19.5. The molecular formula is C17H12I3N3O3. The second-order valence-corrected chi connectivity index (χ2v) is 8.91. The second kappa shape index (κ2) is 8.29. The third-order valence-electron chi connectivity index (χ3n) is 3.63. The molecule has 4 N–H and O–H groups in total. The summed E-state index contributed by atoms with van der Waals surface area (Å²) in [5.41, 5.74) is 1.93. The van der Waals surface area contributed by atoms with Gasteiger partial charge >= 0.3 is 6.03 Å². The third kappa shape index (κ3) is 4.42. The summed E-state index contributed by atoms with van der Waals surface area (Å²) in [5, 5.41) is 18.1. The van der Waals surface area contributed by atoms with Crippen LogP contribution in [0.15, 0.2) is 48.2 Å². The minimum absolute atomic E-state index is 0.432. The summed E-state index contributed by atoms with van der Waals surface area (Å²) in [7, 11) is 0.